The molecule has 17 heavy (non-hydrogen) atoms. The van der Waals surface area contributed by atoms with Crippen LogP contribution in [0.2, 0.25) is 0 Å². The molecule has 2 N–H and O–H groups in total. The van der Waals surface area contributed by atoms with Crippen LogP contribution in [-0.4, -0.2) is 26.4 Å². The normalized spacial score (nSPS) is 9.71. The molecule has 0 aliphatic heterocycles. The number of nitrogens with two attached hydrogens (primary N) is 1. The largest absolute Gasteiger partial charge is 0.489 e. The zero-order valence-electron chi connectivity index (χ0n) is 9.80. The van der Waals surface area contributed by atoms with Gasteiger partial charge in [0.05, 0.1) is 18.9 Å². The number of benzene rings is 1. The van der Waals surface area contributed by atoms with Crippen LogP contribution in [0.3, 0.4) is 0 Å². The number of hydrogen-bond donors (Lipinski definition) is 1. The maximum Gasteiger partial charge on any atom is 0.142 e. The molecule has 0 unspecified atom stereocenters. The van der Waals surface area contributed by atoms with Gasteiger partial charge in [0.1, 0.15) is 12.4 Å². The average Bonchev–Trinajstić information content (AvgIpc) is 2.32. The summed E-state index contributed by atoms with van der Waals surface area (Å²) in [6.07, 6.45) is 0. The van der Waals surface area contributed by atoms with E-state index in [0.29, 0.717) is 37.8 Å². The number of aryl methyl sites for hydroxylation is 1. The molecule has 1 aromatic rings. The Labute approximate surface area is 100.0 Å². The Hall–Kier alpha value is -1.91. The van der Waals surface area contributed by atoms with Gasteiger partial charge in [-0.3, -0.25) is 0 Å². The summed E-state index contributed by atoms with van der Waals surface area (Å²) in [4.78, 5) is 2.62. The van der Waals surface area contributed by atoms with Crippen molar-refractivity contribution in [1.29, 1.82) is 0 Å². The molecule has 6 nitrogen and oxygen atoms in total. The first-order valence-electron chi connectivity index (χ1n) is 5.31. The molecule has 6 heteroatoms. The Bertz CT molecular complexity index is 402. The van der Waals surface area contributed by atoms with E-state index in [1.165, 1.54) is 0 Å². The number of hydrogen-bond acceptors (Lipinski definition) is 4. The molecule has 1 rings (SSSR count). The molecule has 0 aliphatic carbocycles. The second-order valence-corrected chi connectivity index (χ2v) is 3.46. The maximum atomic E-state index is 8.04. The molecule has 0 spiro atoms. The van der Waals surface area contributed by atoms with Crippen molar-refractivity contribution in [2.24, 2.45) is 5.11 Å². The fraction of sp³-hybridized carbons (Fsp3) is 0.455. The second kappa shape index (κ2) is 7.38. The summed E-state index contributed by atoms with van der Waals surface area (Å²) in [6, 6.07) is 5.63. The van der Waals surface area contributed by atoms with Crippen LogP contribution in [0.4, 0.5) is 5.69 Å². The van der Waals surface area contributed by atoms with Crippen molar-refractivity contribution in [1.82, 2.24) is 0 Å². The lowest BCUT2D eigenvalue weighted by Crippen LogP contribution is -2.09. The molecule has 0 bridgehead atoms. The van der Waals surface area contributed by atoms with E-state index in [2.05, 4.69) is 10.0 Å². The summed E-state index contributed by atoms with van der Waals surface area (Å²) >= 11 is 0. The maximum absolute atomic E-state index is 8.04. The molecule has 0 atom stereocenters. The van der Waals surface area contributed by atoms with Crippen LogP contribution in [0.25, 0.3) is 10.4 Å². The smallest absolute Gasteiger partial charge is 0.142 e. The number of rotatable bonds is 7. The van der Waals surface area contributed by atoms with Crippen molar-refractivity contribution >= 4 is 5.69 Å². The highest BCUT2D eigenvalue weighted by Gasteiger charge is 1.99. The minimum absolute atomic E-state index is 0.336. The highest BCUT2D eigenvalue weighted by molar-refractivity contribution is 5.53. The fourth-order valence-electron chi connectivity index (χ4n) is 1.23. The van der Waals surface area contributed by atoms with Gasteiger partial charge >= 0.3 is 0 Å². The van der Waals surface area contributed by atoms with Gasteiger partial charge in [-0.25, -0.2) is 0 Å². The second-order valence-electron chi connectivity index (χ2n) is 3.46. The average molecular weight is 236 g/mol. The highest BCUT2D eigenvalue weighted by Crippen LogP contribution is 2.21. The number of nitrogen functional groups attached to an aromatic ring is 1. The lowest BCUT2D eigenvalue weighted by atomic mass is 10.2. The predicted molar refractivity (Wildman–Crippen MR) is 65.9 cm³/mol. The molecular weight excluding hydrogens is 220 g/mol. The van der Waals surface area contributed by atoms with Gasteiger partial charge in [-0.1, -0.05) is 11.2 Å². The molecule has 0 heterocycles. The lowest BCUT2D eigenvalue weighted by Gasteiger charge is -2.09. The van der Waals surface area contributed by atoms with E-state index in [0.717, 1.165) is 5.56 Å². The summed E-state index contributed by atoms with van der Waals surface area (Å²) in [6.45, 7) is 3.57. The van der Waals surface area contributed by atoms with Crippen LogP contribution >= 0.6 is 0 Å². The Morgan fingerprint density at radius 3 is 2.94 bits per heavy atom. The Balaban J connectivity index is 2.22. The Morgan fingerprint density at radius 1 is 1.35 bits per heavy atom. The number of azide groups is 1. The van der Waals surface area contributed by atoms with Crippen molar-refractivity contribution < 1.29 is 9.47 Å². The first kappa shape index (κ1) is 13.2. The summed E-state index contributed by atoms with van der Waals surface area (Å²) in [5.41, 5.74) is 15.5. The summed E-state index contributed by atoms with van der Waals surface area (Å²) < 4.78 is 10.7. The topological polar surface area (TPSA) is 93.2 Å². The van der Waals surface area contributed by atoms with Crippen LogP contribution in [0, 0.1) is 6.92 Å². The first-order valence-corrected chi connectivity index (χ1v) is 5.31. The van der Waals surface area contributed by atoms with E-state index in [1.54, 1.807) is 0 Å². The van der Waals surface area contributed by atoms with Crippen molar-refractivity contribution in [3.8, 4) is 5.75 Å². The number of nitrogens with zero attached hydrogens (tertiary/aromatic N) is 3. The standard InChI is InChI=1S/C11H16N4O2/c1-9-2-3-10(12)11(8-9)17-7-6-16-5-4-14-15-13/h2-3,8H,4-7,12H2,1H3. The number of ether oxygens (including phenoxy) is 2. The summed E-state index contributed by atoms with van der Waals surface area (Å²) in [7, 11) is 0. The van der Waals surface area contributed by atoms with Crippen molar-refractivity contribution in [2.75, 3.05) is 32.1 Å². The van der Waals surface area contributed by atoms with E-state index in [9.17, 15) is 0 Å². The zero-order chi connectivity index (χ0) is 12.5. The van der Waals surface area contributed by atoms with Gasteiger partial charge in [0.2, 0.25) is 0 Å². The van der Waals surface area contributed by atoms with Crippen LogP contribution in [-0.2, 0) is 4.74 Å². The molecule has 0 aromatic heterocycles. The van der Waals surface area contributed by atoms with E-state index >= 15 is 0 Å². The molecule has 0 aliphatic rings. The Morgan fingerprint density at radius 2 is 2.18 bits per heavy atom. The van der Waals surface area contributed by atoms with Gasteiger partial charge in [-0.15, -0.1) is 0 Å². The molecule has 0 fully saturated rings. The lowest BCUT2D eigenvalue weighted by molar-refractivity contribution is 0.106. The van der Waals surface area contributed by atoms with E-state index in [4.69, 9.17) is 20.7 Å². The van der Waals surface area contributed by atoms with Crippen LogP contribution < -0.4 is 10.5 Å². The molecule has 92 valence electrons. The third-order valence-electron chi connectivity index (χ3n) is 2.05. The minimum atomic E-state index is 0.336. The SMILES string of the molecule is Cc1ccc(N)c(OCCOCCN=[N+]=[N-])c1. The van der Waals surface area contributed by atoms with Gasteiger partial charge in [-0.05, 0) is 30.2 Å². The van der Waals surface area contributed by atoms with Gasteiger partial charge in [0, 0.05) is 11.5 Å². The predicted octanol–water partition coefficient (Wildman–Crippen LogP) is 2.28. The van der Waals surface area contributed by atoms with E-state index < -0.39 is 0 Å². The van der Waals surface area contributed by atoms with Crippen LogP contribution in [0.5, 0.6) is 5.75 Å². The molecule has 0 radical (unpaired) electrons. The molecule has 0 amide bonds. The monoisotopic (exact) mass is 236 g/mol. The Kier molecular flexibility index (Phi) is 5.71. The zero-order valence-corrected chi connectivity index (χ0v) is 9.80. The molecule has 0 saturated carbocycles. The highest BCUT2D eigenvalue weighted by atomic mass is 16.5. The van der Waals surface area contributed by atoms with Crippen LogP contribution in [0.1, 0.15) is 5.56 Å². The van der Waals surface area contributed by atoms with Gasteiger partial charge < -0.3 is 15.2 Å². The fourth-order valence-corrected chi connectivity index (χ4v) is 1.23. The molecule has 1 aromatic carbocycles. The van der Waals surface area contributed by atoms with Gasteiger partial charge in [0.25, 0.3) is 0 Å². The van der Waals surface area contributed by atoms with Crippen molar-refractivity contribution in [3.05, 3.63) is 34.2 Å². The third kappa shape index (κ3) is 5.10. The van der Waals surface area contributed by atoms with Gasteiger partial charge in [-0.2, -0.15) is 0 Å². The minimum Gasteiger partial charge on any atom is -0.489 e. The number of anilines is 1. The van der Waals surface area contributed by atoms with Gasteiger partial charge in [0.15, 0.2) is 0 Å². The molecule has 0 saturated heterocycles. The molecular formula is C11H16N4O2. The van der Waals surface area contributed by atoms with Crippen molar-refractivity contribution in [3.63, 3.8) is 0 Å². The summed E-state index contributed by atoms with van der Waals surface area (Å²) in [5, 5.41) is 3.35. The van der Waals surface area contributed by atoms with Crippen molar-refractivity contribution in [2.45, 2.75) is 6.92 Å². The third-order valence-corrected chi connectivity index (χ3v) is 2.05. The first-order chi connectivity index (χ1) is 8.24. The summed E-state index contributed by atoms with van der Waals surface area (Å²) in [5.74, 6) is 0.670. The quantitative estimate of drug-likeness (QED) is 0.259. The van der Waals surface area contributed by atoms with E-state index in [-0.39, 0.29) is 0 Å². The van der Waals surface area contributed by atoms with Crippen LogP contribution in [0.15, 0.2) is 23.3 Å². The van der Waals surface area contributed by atoms with E-state index in [1.807, 2.05) is 25.1 Å².